The molecule has 27 heavy (non-hydrogen) atoms. The van der Waals surface area contributed by atoms with Crippen LogP contribution in [-0.4, -0.2) is 34.6 Å². The van der Waals surface area contributed by atoms with E-state index in [2.05, 4.69) is 9.72 Å². The van der Waals surface area contributed by atoms with E-state index in [4.69, 9.17) is 0 Å². The summed E-state index contributed by atoms with van der Waals surface area (Å²) < 4.78 is 4.62. The second-order valence-electron chi connectivity index (χ2n) is 7.26. The summed E-state index contributed by atoms with van der Waals surface area (Å²) in [7, 11) is 1.31. The molecule has 0 spiro atoms. The molecule has 0 aromatic carbocycles. The quantitative estimate of drug-likeness (QED) is 0.490. The van der Waals surface area contributed by atoms with E-state index >= 15 is 0 Å². The fourth-order valence-electron chi connectivity index (χ4n) is 3.00. The zero-order valence-corrected chi connectivity index (χ0v) is 16.1. The Labute approximate surface area is 159 Å². The third-order valence-electron chi connectivity index (χ3n) is 4.68. The maximum absolute atomic E-state index is 12.2. The van der Waals surface area contributed by atoms with Crippen molar-refractivity contribution in [2.45, 2.75) is 32.8 Å². The van der Waals surface area contributed by atoms with Crippen LogP contribution in [0.4, 0.5) is 0 Å². The van der Waals surface area contributed by atoms with Crippen molar-refractivity contribution in [2.24, 2.45) is 5.41 Å². The predicted octanol–water partition coefficient (Wildman–Crippen LogP) is 3.43. The Hall–Kier alpha value is -2.79. The summed E-state index contributed by atoms with van der Waals surface area (Å²) in [5.74, 6) is -0.500. The van der Waals surface area contributed by atoms with Gasteiger partial charge in [-0.1, -0.05) is 38.1 Å². The molecule has 1 aromatic rings. The number of ether oxygens (including phenoxy) is 1. The van der Waals surface area contributed by atoms with Gasteiger partial charge < -0.3 is 9.84 Å². The lowest BCUT2D eigenvalue weighted by molar-refractivity contribution is -0.134. The zero-order valence-electron chi connectivity index (χ0n) is 16.1. The monoisotopic (exact) mass is 367 g/mol. The van der Waals surface area contributed by atoms with E-state index in [9.17, 15) is 14.7 Å². The third-order valence-corrected chi connectivity index (χ3v) is 4.68. The highest BCUT2D eigenvalue weighted by Gasteiger charge is 2.47. The Bertz CT molecular complexity index is 831. The summed E-state index contributed by atoms with van der Waals surface area (Å²) >= 11 is 0. The minimum atomic E-state index is -1.37. The van der Waals surface area contributed by atoms with Gasteiger partial charge in [0.15, 0.2) is 5.78 Å². The number of methoxy groups -OCH3 is 1. The van der Waals surface area contributed by atoms with Crippen LogP contribution >= 0.6 is 0 Å². The van der Waals surface area contributed by atoms with Crippen molar-refractivity contribution >= 4 is 17.8 Å². The number of carbonyl (C=O) groups excluding carboxylic acids is 2. The number of esters is 1. The number of ketones is 1. The molecular weight excluding hydrogens is 342 g/mol. The van der Waals surface area contributed by atoms with E-state index in [1.54, 1.807) is 37.5 Å². The van der Waals surface area contributed by atoms with Crippen LogP contribution in [0.2, 0.25) is 0 Å². The number of hydrogen-bond acceptors (Lipinski definition) is 5. The lowest BCUT2D eigenvalue weighted by atomic mass is 9.64. The van der Waals surface area contributed by atoms with E-state index in [0.29, 0.717) is 11.1 Å². The van der Waals surface area contributed by atoms with Gasteiger partial charge in [0.1, 0.15) is 5.60 Å². The van der Waals surface area contributed by atoms with Crippen LogP contribution in [0.1, 0.15) is 32.8 Å². The molecule has 0 saturated heterocycles. The van der Waals surface area contributed by atoms with Gasteiger partial charge in [0.2, 0.25) is 0 Å². The summed E-state index contributed by atoms with van der Waals surface area (Å²) in [4.78, 5) is 27.6. The van der Waals surface area contributed by atoms with Crippen LogP contribution in [0.15, 0.2) is 66.1 Å². The highest BCUT2D eigenvalue weighted by Crippen LogP contribution is 2.45. The molecular formula is C22H25NO4. The van der Waals surface area contributed by atoms with Crippen molar-refractivity contribution in [1.29, 1.82) is 0 Å². The van der Waals surface area contributed by atoms with Gasteiger partial charge in [-0.2, -0.15) is 0 Å². The molecule has 1 N–H and O–H groups in total. The molecule has 1 aliphatic rings. The lowest BCUT2D eigenvalue weighted by Gasteiger charge is -2.44. The lowest BCUT2D eigenvalue weighted by Crippen LogP contribution is -2.48. The highest BCUT2D eigenvalue weighted by molar-refractivity contribution is 5.94. The fourth-order valence-corrected chi connectivity index (χ4v) is 3.00. The van der Waals surface area contributed by atoms with Crippen LogP contribution in [0.25, 0.3) is 6.08 Å². The topological polar surface area (TPSA) is 76.5 Å². The number of nitrogens with zero attached hydrogens (tertiary/aromatic N) is 1. The standard InChI is InChI=1S/C22H25NO4/c1-16(12-20(25)27-4)9-10-22(26)18(13-19(24)14-21(22,2)3)8-7-17-6-5-11-23-15-17/h5-13,15,26H,14H2,1-4H3/b8-7+,10-9+,16-12-/t22-/m1/s1. The van der Waals surface area contributed by atoms with Crippen molar-refractivity contribution in [3.05, 3.63) is 71.6 Å². The van der Waals surface area contributed by atoms with Gasteiger partial charge in [-0.15, -0.1) is 0 Å². The summed E-state index contributed by atoms with van der Waals surface area (Å²) in [6, 6.07) is 3.70. The molecule has 1 atom stereocenters. The first-order chi connectivity index (χ1) is 12.7. The van der Waals surface area contributed by atoms with Crippen LogP contribution < -0.4 is 0 Å². The summed E-state index contributed by atoms with van der Waals surface area (Å²) in [6.07, 6.45) is 13.3. The molecule has 0 radical (unpaired) electrons. The van der Waals surface area contributed by atoms with Crippen molar-refractivity contribution < 1.29 is 19.4 Å². The fraction of sp³-hybridized carbons (Fsp3) is 0.318. The number of allylic oxidation sites excluding steroid dienone is 3. The second-order valence-corrected chi connectivity index (χ2v) is 7.26. The van der Waals surface area contributed by atoms with Gasteiger partial charge >= 0.3 is 5.97 Å². The molecule has 0 fully saturated rings. The smallest absolute Gasteiger partial charge is 0.330 e. The molecule has 0 amide bonds. The van der Waals surface area contributed by atoms with E-state index in [-0.39, 0.29) is 12.2 Å². The molecule has 142 valence electrons. The van der Waals surface area contributed by atoms with E-state index in [0.717, 1.165) is 5.56 Å². The first-order valence-corrected chi connectivity index (χ1v) is 8.69. The number of pyridine rings is 1. The molecule has 0 aliphatic heterocycles. The second kappa shape index (κ2) is 8.27. The number of aliphatic hydroxyl groups is 1. The van der Waals surface area contributed by atoms with E-state index < -0.39 is 17.0 Å². The minimum absolute atomic E-state index is 0.0364. The number of rotatable bonds is 5. The summed E-state index contributed by atoms with van der Waals surface area (Å²) in [6.45, 7) is 5.44. The molecule has 5 heteroatoms. The molecule has 1 aliphatic carbocycles. The normalized spacial score (nSPS) is 22.9. The highest BCUT2D eigenvalue weighted by atomic mass is 16.5. The molecule has 0 bridgehead atoms. The molecule has 2 rings (SSSR count). The van der Waals surface area contributed by atoms with Gasteiger partial charge in [-0.3, -0.25) is 9.78 Å². The Kier molecular flexibility index (Phi) is 6.28. The third kappa shape index (κ3) is 4.89. The molecule has 0 unspecified atom stereocenters. The Morgan fingerprint density at radius 2 is 2.07 bits per heavy atom. The number of carbonyl (C=O) groups is 2. The van der Waals surface area contributed by atoms with Crippen LogP contribution in [0.3, 0.4) is 0 Å². The van der Waals surface area contributed by atoms with Crippen molar-refractivity contribution in [2.75, 3.05) is 7.11 Å². The number of hydrogen-bond donors (Lipinski definition) is 1. The van der Waals surface area contributed by atoms with E-state index in [1.165, 1.54) is 19.3 Å². The van der Waals surface area contributed by atoms with Gasteiger partial charge in [0.25, 0.3) is 0 Å². The Morgan fingerprint density at radius 3 is 2.70 bits per heavy atom. The average molecular weight is 367 g/mol. The molecule has 1 aromatic heterocycles. The van der Waals surface area contributed by atoms with E-state index in [1.807, 2.05) is 32.1 Å². The first kappa shape index (κ1) is 20.5. The van der Waals surface area contributed by atoms with Gasteiger partial charge in [-0.25, -0.2) is 4.79 Å². The van der Waals surface area contributed by atoms with Crippen LogP contribution in [0, 0.1) is 5.41 Å². The van der Waals surface area contributed by atoms with Crippen LogP contribution in [0.5, 0.6) is 0 Å². The SMILES string of the molecule is COC(=O)/C=C(C)\C=C\[C@@]1(O)C(/C=C/c2cccnc2)=CC(=O)CC1(C)C. The molecule has 5 nitrogen and oxygen atoms in total. The van der Waals surface area contributed by atoms with Gasteiger partial charge in [0, 0.05) is 30.3 Å². The Morgan fingerprint density at radius 1 is 1.33 bits per heavy atom. The maximum Gasteiger partial charge on any atom is 0.330 e. The van der Waals surface area contributed by atoms with Gasteiger partial charge in [-0.05, 0) is 41.9 Å². The zero-order chi connectivity index (χ0) is 20.1. The Balaban J connectivity index is 2.42. The molecule has 0 saturated carbocycles. The average Bonchev–Trinajstić information content (AvgIpc) is 2.62. The number of aromatic nitrogens is 1. The van der Waals surface area contributed by atoms with Crippen molar-refractivity contribution in [3.8, 4) is 0 Å². The van der Waals surface area contributed by atoms with Crippen molar-refractivity contribution in [3.63, 3.8) is 0 Å². The maximum atomic E-state index is 12.2. The summed E-state index contributed by atoms with van der Waals surface area (Å²) in [5, 5.41) is 11.5. The predicted molar refractivity (Wildman–Crippen MR) is 105 cm³/mol. The van der Waals surface area contributed by atoms with Gasteiger partial charge in [0.05, 0.1) is 7.11 Å². The minimum Gasteiger partial charge on any atom is -0.466 e. The van der Waals surface area contributed by atoms with Crippen molar-refractivity contribution in [1.82, 2.24) is 4.98 Å². The first-order valence-electron chi connectivity index (χ1n) is 8.69. The largest absolute Gasteiger partial charge is 0.466 e. The molecule has 1 heterocycles. The van der Waals surface area contributed by atoms with Crippen LogP contribution in [-0.2, 0) is 14.3 Å². The summed E-state index contributed by atoms with van der Waals surface area (Å²) in [5.41, 5.74) is -0.0871.